The van der Waals surface area contributed by atoms with E-state index in [0.29, 0.717) is 0 Å². The molecule has 1 radical (unpaired) electrons. The first-order valence-corrected chi connectivity index (χ1v) is 4.94. The van der Waals surface area contributed by atoms with Gasteiger partial charge in [0.2, 0.25) is 0 Å². The van der Waals surface area contributed by atoms with Crippen molar-refractivity contribution in [1.82, 2.24) is 0 Å². The van der Waals surface area contributed by atoms with E-state index in [0.717, 1.165) is 4.47 Å². The van der Waals surface area contributed by atoms with Crippen molar-refractivity contribution in [3.8, 4) is 0 Å². The minimum absolute atomic E-state index is 1.14. The van der Waals surface area contributed by atoms with Gasteiger partial charge in [0.25, 0.3) is 0 Å². The number of thiophene rings is 1. The fraction of sp³-hybridized carbons (Fsp3) is 0.111. The lowest BCUT2D eigenvalue weighted by Crippen LogP contribution is -1.66. The molecule has 11 heavy (non-hydrogen) atoms. The van der Waals surface area contributed by atoms with Crippen molar-refractivity contribution in [3.63, 3.8) is 0 Å². The zero-order valence-electron chi connectivity index (χ0n) is 6.02. The molecule has 0 aliphatic heterocycles. The van der Waals surface area contributed by atoms with Gasteiger partial charge in [0.05, 0.1) is 0 Å². The summed E-state index contributed by atoms with van der Waals surface area (Å²) in [6.07, 6.45) is 0. The number of aryl methyl sites for hydroxylation is 1. The SMILES string of the molecule is Cc1[c]sc2cc(Br)ccc12. The second kappa shape index (κ2) is 2.61. The summed E-state index contributed by atoms with van der Waals surface area (Å²) in [5.41, 5.74) is 1.25. The smallest absolute Gasteiger partial charge is 0.0487 e. The molecule has 1 aromatic heterocycles. The lowest BCUT2D eigenvalue weighted by Gasteiger charge is -1.91. The van der Waals surface area contributed by atoms with Gasteiger partial charge in [-0.15, -0.1) is 11.3 Å². The van der Waals surface area contributed by atoms with Crippen LogP contribution >= 0.6 is 27.3 Å². The van der Waals surface area contributed by atoms with Crippen molar-refractivity contribution in [2.45, 2.75) is 6.92 Å². The molecule has 0 unspecified atom stereocenters. The molecule has 0 spiro atoms. The summed E-state index contributed by atoms with van der Waals surface area (Å²) >= 11 is 5.11. The van der Waals surface area contributed by atoms with E-state index in [4.69, 9.17) is 0 Å². The van der Waals surface area contributed by atoms with E-state index >= 15 is 0 Å². The molecule has 0 atom stereocenters. The Morgan fingerprint density at radius 3 is 3.09 bits per heavy atom. The van der Waals surface area contributed by atoms with Gasteiger partial charge in [0, 0.05) is 14.6 Å². The molecule has 0 nitrogen and oxygen atoms in total. The molecular weight excluding hydrogens is 220 g/mol. The minimum atomic E-state index is 1.14. The number of hydrogen-bond acceptors (Lipinski definition) is 1. The van der Waals surface area contributed by atoms with Gasteiger partial charge in [-0.25, -0.2) is 0 Å². The summed E-state index contributed by atoms with van der Waals surface area (Å²) in [4.78, 5) is 0. The van der Waals surface area contributed by atoms with Gasteiger partial charge in [-0.1, -0.05) is 22.0 Å². The molecule has 55 valence electrons. The third-order valence-electron chi connectivity index (χ3n) is 1.66. The fourth-order valence-electron chi connectivity index (χ4n) is 1.08. The number of benzene rings is 1. The molecule has 0 fully saturated rings. The van der Waals surface area contributed by atoms with Crippen LogP contribution in [0, 0.1) is 12.3 Å². The Kier molecular flexibility index (Phi) is 1.74. The van der Waals surface area contributed by atoms with Crippen LogP contribution in [-0.4, -0.2) is 0 Å². The van der Waals surface area contributed by atoms with Crippen molar-refractivity contribution in [3.05, 3.63) is 33.6 Å². The van der Waals surface area contributed by atoms with Crippen LogP contribution in [0.3, 0.4) is 0 Å². The van der Waals surface area contributed by atoms with Crippen molar-refractivity contribution in [2.75, 3.05) is 0 Å². The van der Waals surface area contributed by atoms with Crippen molar-refractivity contribution < 1.29 is 0 Å². The normalized spacial score (nSPS) is 10.7. The van der Waals surface area contributed by atoms with Crippen molar-refractivity contribution in [2.24, 2.45) is 0 Å². The Balaban J connectivity index is 2.86. The number of halogens is 1. The summed E-state index contributed by atoms with van der Waals surface area (Å²) < 4.78 is 2.44. The topological polar surface area (TPSA) is 0 Å². The van der Waals surface area contributed by atoms with Crippen LogP contribution in [-0.2, 0) is 0 Å². The molecule has 0 saturated heterocycles. The molecule has 0 N–H and O–H groups in total. The average molecular weight is 226 g/mol. The average Bonchev–Trinajstić information content (AvgIpc) is 2.32. The zero-order chi connectivity index (χ0) is 7.84. The molecular formula is C9H6BrS. The highest BCUT2D eigenvalue weighted by Gasteiger charge is 1.99. The van der Waals surface area contributed by atoms with E-state index < -0.39 is 0 Å². The van der Waals surface area contributed by atoms with Crippen LogP contribution in [0.5, 0.6) is 0 Å². The predicted molar refractivity (Wildman–Crippen MR) is 53.1 cm³/mol. The van der Waals surface area contributed by atoms with Crippen molar-refractivity contribution >= 4 is 37.4 Å². The molecule has 0 bridgehead atoms. The fourth-order valence-corrected chi connectivity index (χ4v) is 2.48. The maximum atomic E-state index is 3.43. The van der Waals surface area contributed by atoms with Gasteiger partial charge in [-0.05, 0) is 30.0 Å². The maximum Gasteiger partial charge on any atom is 0.0487 e. The highest BCUT2D eigenvalue weighted by Crippen LogP contribution is 2.27. The molecule has 0 aliphatic rings. The lowest BCUT2D eigenvalue weighted by atomic mass is 10.2. The van der Waals surface area contributed by atoms with E-state index in [1.54, 1.807) is 11.3 Å². The molecule has 0 amide bonds. The van der Waals surface area contributed by atoms with Gasteiger partial charge >= 0.3 is 0 Å². The number of fused-ring (bicyclic) bond motifs is 1. The largest absolute Gasteiger partial charge is 0.134 e. The van der Waals surface area contributed by atoms with Gasteiger partial charge in [0.15, 0.2) is 0 Å². The Morgan fingerprint density at radius 1 is 1.45 bits per heavy atom. The highest BCUT2D eigenvalue weighted by molar-refractivity contribution is 9.10. The van der Waals surface area contributed by atoms with Gasteiger partial charge < -0.3 is 0 Å². The second-order valence-electron chi connectivity index (χ2n) is 2.47. The van der Waals surface area contributed by atoms with E-state index in [9.17, 15) is 0 Å². The summed E-state index contributed by atoms with van der Waals surface area (Å²) in [5, 5.41) is 4.54. The summed E-state index contributed by atoms with van der Waals surface area (Å²) in [7, 11) is 0. The number of hydrogen-bond donors (Lipinski definition) is 0. The standard InChI is InChI=1S/C9H6BrS/c1-6-5-11-9-4-7(10)2-3-8(6)9/h2-4H,1H3. The van der Waals surface area contributed by atoms with E-state index in [-0.39, 0.29) is 0 Å². The Labute approximate surface area is 78.0 Å². The van der Waals surface area contributed by atoms with Crippen LogP contribution in [0.2, 0.25) is 0 Å². The second-order valence-corrected chi connectivity index (χ2v) is 4.23. The molecule has 1 heterocycles. The molecule has 1 aromatic carbocycles. The summed E-state index contributed by atoms with van der Waals surface area (Å²) in [5.74, 6) is 0. The van der Waals surface area contributed by atoms with Gasteiger partial charge in [0.1, 0.15) is 0 Å². The van der Waals surface area contributed by atoms with Gasteiger partial charge in [-0.3, -0.25) is 0 Å². The Morgan fingerprint density at radius 2 is 2.27 bits per heavy atom. The molecule has 2 aromatic rings. The van der Waals surface area contributed by atoms with E-state index in [2.05, 4.69) is 46.4 Å². The van der Waals surface area contributed by atoms with Gasteiger partial charge in [-0.2, -0.15) is 0 Å². The zero-order valence-corrected chi connectivity index (χ0v) is 8.42. The highest BCUT2D eigenvalue weighted by atomic mass is 79.9. The third-order valence-corrected chi connectivity index (χ3v) is 3.12. The van der Waals surface area contributed by atoms with Crippen LogP contribution < -0.4 is 0 Å². The van der Waals surface area contributed by atoms with Crippen LogP contribution in [0.15, 0.2) is 22.7 Å². The first-order chi connectivity index (χ1) is 5.27. The first-order valence-electron chi connectivity index (χ1n) is 3.34. The quantitative estimate of drug-likeness (QED) is 0.641. The third kappa shape index (κ3) is 1.21. The Hall–Kier alpha value is -0.340. The monoisotopic (exact) mass is 225 g/mol. The van der Waals surface area contributed by atoms with Crippen molar-refractivity contribution in [1.29, 1.82) is 0 Å². The van der Waals surface area contributed by atoms with Crippen LogP contribution in [0.25, 0.3) is 10.1 Å². The lowest BCUT2D eigenvalue weighted by molar-refractivity contribution is 1.58. The first kappa shape index (κ1) is 7.32. The minimum Gasteiger partial charge on any atom is -0.134 e. The van der Waals surface area contributed by atoms with E-state index in [1.807, 2.05) is 0 Å². The molecule has 2 heteroatoms. The summed E-state index contributed by atoms with van der Waals surface area (Å²) in [6, 6.07) is 6.32. The van der Waals surface area contributed by atoms with E-state index in [1.165, 1.54) is 15.6 Å². The van der Waals surface area contributed by atoms with Crippen LogP contribution in [0.1, 0.15) is 5.56 Å². The Bertz CT molecular complexity index is 389. The molecule has 0 aliphatic carbocycles. The van der Waals surface area contributed by atoms with Crippen LogP contribution in [0.4, 0.5) is 0 Å². The number of rotatable bonds is 0. The maximum absolute atomic E-state index is 3.43. The molecule has 2 rings (SSSR count). The molecule has 0 saturated carbocycles. The predicted octanol–water partition coefficient (Wildman–Crippen LogP) is 3.77. The summed E-state index contributed by atoms with van der Waals surface area (Å²) in [6.45, 7) is 2.09.